The smallest absolute Gasteiger partial charge is 0.317 e. The SMILES string of the molecule is CC(=O)Nc1ccn([C@H]2CCN(C(=O)N[C@@H]3C=CCCC3)C2)n1. The molecule has 0 unspecified atom stereocenters. The highest BCUT2D eigenvalue weighted by molar-refractivity contribution is 5.87. The maximum Gasteiger partial charge on any atom is 0.317 e. The molecule has 2 N–H and O–H groups in total. The molecule has 0 bridgehead atoms. The Hall–Kier alpha value is -2.31. The van der Waals surface area contributed by atoms with Gasteiger partial charge in [-0.25, -0.2) is 4.79 Å². The maximum absolute atomic E-state index is 12.3. The highest BCUT2D eigenvalue weighted by Gasteiger charge is 2.28. The third-order valence-corrected chi connectivity index (χ3v) is 4.30. The second-order valence-electron chi connectivity index (χ2n) is 6.17. The van der Waals surface area contributed by atoms with Gasteiger partial charge in [0.25, 0.3) is 0 Å². The molecule has 2 atom stereocenters. The minimum Gasteiger partial charge on any atom is -0.332 e. The zero-order chi connectivity index (χ0) is 16.2. The summed E-state index contributed by atoms with van der Waals surface area (Å²) in [6.45, 7) is 2.83. The van der Waals surface area contributed by atoms with Crippen molar-refractivity contribution in [3.8, 4) is 0 Å². The van der Waals surface area contributed by atoms with E-state index in [1.165, 1.54) is 6.92 Å². The van der Waals surface area contributed by atoms with Crippen LogP contribution in [0.2, 0.25) is 0 Å². The van der Waals surface area contributed by atoms with Crippen LogP contribution in [-0.2, 0) is 4.79 Å². The zero-order valence-corrected chi connectivity index (χ0v) is 13.4. The van der Waals surface area contributed by atoms with Gasteiger partial charge in [0, 0.05) is 38.3 Å². The first-order chi connectivity index (χ1) is 11.1. The molecule has 2 aliphatic rings. The van der Waals surface area contributed by atoms with Gasteiger partial charge in [0.15, 0.2) is 5.82 Å². The number of nitrogens with one attached hydrogen (secondary N) is 2. The standard InChI is InChI=1S/C16H23N5O2/c1-12(22)17-15-8-10-21(19-15)14-7-9-20(11-14)16(23)18-13-5-3-2-4-6-13/h3,5,8,10,13-14H,2,4,6-7,9,11H2,1H3,(H,18,23)(H,17,19,22)/t13-,14+/m1/s1. The lowest BCUT2D eigenvalue weighted by Gasteiger charge is -2.23. The number of aromatic nitrogens is 2. The zero-order valence-electron chi connectivity index (χ0n) is 13.4. The van der Waals surface area contributed by atoms with E-state index in [-0.39, 0.29) is 24.0 Å². The summed E-state index contributed by atoms with van der Waals surface area (Å²) in [6.07, 6.45) is 10.2. The van der Waals surface area contributed by atoms with Gasteiger partial charge in [0.2, 0.25) is 5.91 Å². The Balaban J connectivity index is 1.54. The first-order valence-corrected chi connectivity index (χ1v) is 8.16. The lowest BCUT2D eigenvalue weighted by atomic mass is 10.0. The van der Waals surface area contributed by atoms with Gasteiger partial charge in [-0.15, -0.1) is 0 Å². The first kappa shape index (κ1) is 15.6. The lowest BCUT2D eigenvalue weighted by molar-refractivity contribution is -0.114. The molecule has 1 saturated heterocycles. The van der Waals surface area contributed by atoms with Crippen LogP contribution in [0.1, 0.15) is 38.6 Å². The molecule has 7 heteroatoms. The predicted molar refractivity (Wildman–Crippen MR) is 87.1 cm³/mol. The topological polar surface area (TPSA) is 79.3 Å². The van der Waals surface area contributed by atoms with E-state index in [4.69, 9.17) is 0 Å². The molecule has 1 fully saturated rings. The summed E-state index contributed by atoms with van der Waals surface area (Å²) in [7, 11) is 0. The molecular formula is C16H23N5O2. The Bertz CT molecular complexity index is 609. The van der Waals surface area contributed by atoms with E-state index in [1.54, 1.807) is 6.07 Å². The summed E-state index contributed by atoms with van der Waals surface area (Å²) in [5.41, 5.74) is 0. The number of amides is 3. The molecule has 124 valence electrons. The van der Waals surface area contributed by atoms with E-state index in [2.05, 4.69) is 27.9 Å². The summed E-state index contributed by atoms with van der Waals surface area (Å²) in [5.74, 6) is 0.413. The number of hydrogen-bond donors (Lipinski definition) is 2. The van der Waals surface area contributed by atoms with E-state index >= 15 is 0 Å². The van der Waals surface area contributed by atoms with Crippen molar-refractivity contribution in [3.05, 3.63) is 24.4 Å². The van der Waals surface area contributed by atoms with Crippen molar-refractivity contribution >= 4 is 17.8 Å². The molecule has 1 aliphatic heterocycles. The summed E-state index contributed by atoms with van der Waals surface area (Å²) in [4.78, 5) is 25.2. The van der Waals surface area contributed by atoms with Crippen molar-refractivity contribution in [2.45, 2.75) is 44.7 Å². The number of carbonyl (C=O) groups excluding carboxylic acids is 2. The number of likely N-dealkylation sites (tertiary alicyclic amines) is 1. The lowest BCUT2D eigenvalue weighted by Crippen LogP contribution is -2.43. The average molecular weight is 317 g/mol. The van der Waals surface area contributed by atoms with Gasteiger partial charge in [-0.05, 0) is 25.7 Å². The average Bonchev–Trinajstić information content (AvgIpc) is 3.16. The monoisotopic (exact) mass is 317 g/mol. The van der Waals surface area contributed by atoms with Crippen LogP contribution < -0.4 is 10.6 Å². The number of urea groups is 1. The molecule has 3 rings (SSSR count). The van der Waals surface area contributed by atoms with Crippen molar-refractivity contribution in [1.29, 1.82) is 0 Å². The first-order valence-electron chi connectivity index (χ1n) is 8.16. The van der Waals surface area contributed by atoms with Crippen LogP contribution in [0, 0.1) is 0 Å². The minimum absolute atomic E-state index is 0.00158. The highest BCUT2D eigenvalue weighted by Crippen LogP contribution is 2.22. The molecule has 3 amide bonds. The van der Waals surface area contributed by atoms with E-state index < -0.39 is 0 Å². The highest BCUT2D eigenvalue weighted by atomic mass is 16.2. The third-order valence-electron chi connectivity index (χ3n) is 4.30. The molecule has 0 spiro atoms. The summed E-state index contributed by atoms with van der Waals surface area (Å²) < 4.78 is 1.83. The normalized spacial score (nSPS) is 23.8. The van der Waals surface area contributed by atoms with Gasteiger partial charge in [0.05, 0.1) is 6.04 Å². The van der Waals surface area contributed by atoms with Crippen molar-refractivity contribution in [1.82, 2.24) is 20.0 Å². The molecule has 0 saturated carbocycles. The van der Waals surface area contributed by atoms with E-state index in [1.807, 2.05) is 15.8 Å². The van der Waals surface area contributed by atoms with E-state index in [9.17, 15) is 9.59 Å². The van der Waals surface area contributed by atoms with Crippen LogP contribution in [0.3, 0.4) is 0 Å². The summed E-state index contributed by atoms with van der Waals surface area (Å²) >= 11 is 0. The minimum atomic E-state index is -0.136. The Labute approximate surface area is 135 Å². The Morgan fingerprint density at radius 1 is 1.35 bits per heavy atom. The van der Waals surface area contributed by atoms with Gasteiger partial charge < -0.3 is 15.5 Å². The molecule has 1 aromatic heterocycles. The fourth-order valence-electron chi connectivity index (χ4n) is 3.11. The molecule has 2 heterocycles. The number of hydrogen-bond acceptors (Lipinski definition) is 3. The molecular weight excluding hydrogens is 294 g/mol. The van der Waals surface area contributed by atoms with Crippen molar-refractivity contribution < 1.29 is 9.59 Å². The second-order valence-corrected chi connectivity index (χ2v) is 6.17. The fourth-order valence-corrected chi connectivity index (χ4v) is 3.11. The molecule has 1 aliphatic carbocycles. The third kappa shape index (κ3) is 3.91. The number of anilines is 1. The number of allylic oxidation sites excluding steroid dienone is 1. The van der Waals surface area contributed by atoms with Crippen molar-refractivity contribution in [2.75, 3.05) is 18.4 Å². The van der Waals surface area contributed by atoms with Gasteiger partial charge >= 0.3 is 6.03 Å². The molecule has 1 aromatic rings. The van der Waals surface area contributed by atoms with Crippen LogP contribution >= 0.6 is 0 Å². The second kappa shape index (κ2) is 6.85. The van der Waals surface area contributed by atoms with Crippen LogP contribution in [0.4, 0.5) is 10.6 Å². The Morgan fingerprint density at radius 2 is 2.22 bits per heavy atom. The fraction of sp³-hybridized carbons (Fsp3) is 0.562. The van der Waals surface area contributed by atoms with Crippen molar-refractivity contribution in [2.24, 2.45) is 0 Å². The number of nitrogens with zero attached hydrogens (tertiary/aromatic N) is 3. The maximum atomic E-state index is 12.3. The quantitative estimate of drug-likeness (QED) is 0.836. The van der Waals surface area contributed by atoms with Gasteiger partial charge in [0.1, 0.15) is 0 Å². The van der Waals surface area contributed by atoms with Crippen LogP contribution in [0.25, 0.3) is 0 Å². The summed E-state index contributed by atoms with van der Waals surface area (Å²) in [5, 5.41) is 10.1. The van der Waals surface area contributed by atoms with E-state index in [0.29, 0.717) is 12.4 Å². The summed E-state index contributed by atoms with van der Waals surface area (Å²) in [6, 6.07) is 2.09. The van der Waals surface area contributed by atoms with Gasteiger partial charge in [-0.2, -0.15) is 5.10 Å². The molecule has 0 radical (unpaired) electrons. The predicted octanol–water partition coefficient (Wildman–Crippen LogP) is 1.91. The molecule has 23 heavy (non-hydrogen) atoms. The van der Waals surface area contributed by atoms with Crippen LogP contribution in [0.5, 0.6) is 0 Å². The number of carbonyl (C=O) groups is 2. The van der Waals surface area contributed by atoms with Gasteiger partial charge in [-0.3, -0.25) is 9.48 Å². The van der Waals surface area contributed by atoms with Crippen LogP contribution in [-0.4, -0.2) is 45.8 Å². The Kier molecular flexibility index (Phi) is 4.64. The molecule has 0 aromatic carbocycles. The van der Waals surface area contributed by atoms with E-state index in [0.717, 1.165) is 32.2 Å². The Morgan fingerprint density at radius 3 is 2.96 bits per heavy atom. The van der Waals surface area contributed by atoms with Gasteiger partial charge in [-0.1, -0.05) is 12.2 Å². The molecule has 7 nitrogen and oxygen atoms in total. The largest absolute Gasteiger partial charge is 0.332 e. The van der Waals surface area contributed by atoms with Crippen molar-refractivity contribution in [3.63, 3.8) is 0 Å². The number of rotatable bonds is 3. The van der Waals surface area contributed by atoms with Crippen LogP contribution in [0.15, 0.2) is 24.4 Å².